The van der Waals surface area contributed by atoms with Crippen LogP contribution in [0.3, 0.4) is 0 Å². The Hall–Kier alpha value is -1.56. The Morgan fingerprint density at radius 3 is 1.43 bits per heavy atom. The van der Waals surface area contributed by atoms with Gasteiger partial charge in [-0.05, 0) is 53.1 Å². The van der Waals surface area contributed by atoms with E-state index in [0.717, 1.165) is 30.1 Å². The lowest BCUT2D eigenvalue weighted by Gasteiger charge is -2.13. The van der Waals surface area contributed by atoms with Gasteiger partial charge in [0.05, 0.1) is 0 Å². The minimum Gasteiger partial charge on any atom is -0.207 e. The van der Waals surface area contributed by atoms with Crippen LogP contribution in [0.4, 0.5) is 8.78 Å². The molecule has 0 fully saturated rings. The first-order valence-electron chi connectivity index (χ1n) is 8.44. The van der Waals surface area contributed by atoms with Gasteiger partial charge in [-0.2, -0.15) is 0 Å². The van der Waals surface area contributed by atoms with Gasteiger partial charge in [-0.15, -0.1) is 0 Å². The van der Waals surface area contributed by atoms with Gasteiger partial charge in [0, 0.05) is 19.4 Å². The van der Waals surface area contributed by atoms with Gasteiger partial charge in [0.2, 0.25) is 0 Å². The molecule has 0 spiro atoms. The van der Waals surface area contributed by atoms with Crippen molar-refractivity contribution < 1.29 is 8.78 Å². The number of allylic oxidation sites excluding steroid dienone is 2. The molecule has 0 nitrogen and oxygen atoms in total. The molecule has 142 valence electrons. The lowest BCUT2D eigenvalue weighted by molar-refractivity contribution is 0.627. The van der Waals surface area contributed by atoms with Gasteiger partial charge in [-0.3, -0.25) is 0 Å². The molecule has 0 aliphatic rings. The number of benzene rings is 3. The van der Waals surface area contributed by atoms with Gasteiger partial charge in [0.15, 0.2) is 0 Å². The van der Waals surface area contributed by atoms with Crippen molar-refractivity contribution >= 4 is 56.8 Å². The Bertz CT molecular complexity index is 928. The third-order valence-electron chi connectivity index (χ3n) is 4.15. The Kier molecular flexibility index (Phi) is 7.38. The summed E-state index contributed by atoms with van der Waals surface area (Å²) in [6.07, 6.45) is 4.11. The van der Waals surface area contributed by atoms with Crippen molar-refractivity contribution in [3.63, 3.8) is 0 Å². The van der Waals surface area contributed by atoms with Crippen LogP contribution in [0, 0.1) is 11.6 Å². The van der Waals surface area contributed by atoms with Crippen molar-refractivity contribution in [1.82, 2.24) is 0 Å². The Labute approximate surface area is 188 Å². The third kappa shape index (κ3) is 5.72. The average molecular weight is 569 g/mol. The fraction of sp³-hybridized carbons (Fsp3) is 0.0435. The highest BCUT2D eigenvalue weighted by molar-refractivity contribution is 9.15. The molecule has 0 N–H and O–H groups in total. The van der Waals surface area contributed by atoms with Crippen LogP contribution in [0.1, 0.15) is 22.6 Å². The normalized spacial score (nSPS) is 13.5. The topological polar surface area (TPSA) is 0 Å². The predicted octanol–water partition coefficient (Wildman–Crippen LogP) is 8.68. The summed E-state index contributed by atoms with van der Waals surface area (Å²) in [7, 11) is 0. The van der Waals surface area contributed by atoms with E-state index in [9.17, 15) is 8.78 Å². The van der Waals surface area contributed by atoms with E-state index in [1.807, 2.05) is 24.3 Å². The van der Waals surface area contributed by atoms with Crippen LogP contribution in [0.25, 0.3) is 8.96 Å². The number of rotatable bonds is 5. The first kappa shape index (κ1) is 21.2. The Morgan fingerprint density at radius 2 is 1.04 bits per heavy atom. The van der Waals surface area contributed by atoms with Gasteiger partial charge >= 0.3 is 0 Å². The zero-order valence-corrected chi connectivity index (χ0v) is 19.3. The molecule has 0 saturated heterocycles. The summed E-state index contributed by atoms with van der Waals surface area (Å²) in [5.41, 5.74) is 2.85. The fourth-order valence-electron chi connectivity index (χ4n) is 2.65. The van der Waals surface area contributed by atoms with E-state index in [0.29, 0.717) is 0 Å². The van der Waals surface area contributed by atoms with Crippen molar-refractivity contribution in [1.29, 1.82) is 0 Å². The quantitative estimate of drug-likeness (QED) is 0.289. The van der Waals surface area contributed by atoms with E-state index >= 15 is 0 Å². The molecule has 0 heterocycles. The molecule has 3 aromatic carbocycles. The number of hydrogen-bond acceptors (Lipinski definition) is 0. The molecule has 0 aliphatic carbocycles. The summed E-state index contributed by atoms with van der Waals surface area (Å²) < 4.78 is 29.2. The monoisotopic (exact) mass is 566 g/mol. The lowest BCUT2D eigenvalue weighted by Crippen LogP contribution is -1.94. The van der Waals surface area contributed by atoms with Gasteiger partial charge in [0.1, 0.15) is 11.6 Å². The molecule has 1 unspecified atom stereocenters. The van der Waals surface area contributed by atoms with Crippen LogP contribution in [-0.2, 0) is 0 Å². The molecule has 0 amide bonds. The van der Waals surface area contributed by atoms with Crippen LogP contribution >= 0.6 is 47.8 Å². The second-order valence-corrected chi connectivity index (χ2v) is 8.74. The van der Waals surface area contributed by atoms with Crippen LogP contribution in [0.15, 0.2) is 89.4 Å². The SMILES string of the molecule is Fc1ccc(/C(Br)=C/C(/C=C(/Br)c2ccc(F)cc2)c2ccc(Br)cc2)cc1. The maximum Gasteiger partial charge on any atom is 0.123 e. The summed E-state index contributed by atoms with van der Waals surface area (Å²) in [5, 5.41) is 0. The summed E-state index contributed by atoms with van der Waals surface area (Å²) in [5.74, 6) is -0.605. The standard InChI is InChI=1S/C23H15Br3F2/c24-19-7-1-15(2-8-19)18(13-22(25)16-3-9-20(27)10-4-16)14-23(26)17-5-11-21(28)12-6-17/h1-14,18H/b22-13-,23-14+. The second-order valence-electron chi connectivity index (χ2n) is 6.12. The highest BCUT2D eigenvalue weighted by Gasteiger charge is 2.11. The van der Waals surface area contributed by atoms with E-state index < -0.39 is 0 Å². The van der Waals surface area contributed by atoms with Crippen molar-refractivity contribution in [2.24, 2.45) is 0 Å². The highest BCUT2D eigenvalue weighted by atomic mass is 79.9. The first-order valence-corrected chi connectivity index (χ1v) is 10.8. The van der Waals surface area contributed by atoms with Crippen molar-refractivity contribution in [3.05, 3.63) is 118 Å². The largest absolute Gasteiger partial charge is 0.207 e. The average Bonchev–Trinajstić information content (AvgIpc) is 2.69. The number of hydrogen-bond donors (Lipinski definition) is 0. The molecule has 5 heteroatoms. The van der Waals surface area contributed by atoms with Crippen LogP contribution in [0.2, 0.25) is 0 Å². The Morgan fingerprint density at radius 1 is 0.643 bits per heavy atom. The van der Waals surface area contributed by atoms with E-state index in [4.69, 9.17) is 0 Å². The fourth-order valence-corrected chi connectivity index (χ4v) is 4.01. The Balaban J connectivity index is 2.00. The smallest absolute Gasteiger partial charge is 0.123 e. The molecule has 0 radical (unpaired) electrons. The van der Waals surface area contributed by atoms with Crippen molar-refractivity contribution in [2.75, 3.05) is 0 Å². The van der Waals surface area contributed by atoms with E-state index in [1.165, 1.54) is 24.3 Å². The minimum atomic E-state index is -0.271. The molecule has 3 aromatic rings. The molecular weight excluding hydrogens is 554 g/mol. The molecule has 0 aromatic heterocycles. The maximum absolute atomic E-state index is 13.2. The number of halogens is 5. The van der Waals surface area contributed by atoms with Gasteiger partial charge in [0.25, 0.3) is 0 Å². The molecular formula is C23H15Br3F2. The third-order valence-corrected chi connectivity index (χ3v) is 6.12. The van der Waals surface area contributed by atoms with Gasteiger partial charge in [-0.25, -0.2) is 8.78 Å². The zero-order valence-electron chi connectivity index (χ0n) is 14.6. The van der Waals surface area contributed by atoms with Crippen LogP contribution in [-0.4, -0.2) is 0 Å². The van der Waals surface area contributed by atoms with Crippen molar-refractivity contribution in [2.45, 2.75) is 5.92 Å². The highest BCUT2D eigenvalue weighted by Crippen LogP contribution is 2.33. The van der Waals surface area contributed by atoms with E-state index in [1.54, 1.807) is 24.3 Å². The molecule has 3 rings (SSSR count). The summed E-state index contributed by atoms with van der Waals surface area (Å²) in [6.45, 7) is 0. The molecule has 1 atom stereocenters. The van der Waals surface area contributed by atoms with Crippen molar-refractivity contribution in [3.8, 4) is 0 Å². The van der Waals surface area contributed by atoms with E-state index in [-0.39, 0.29) is 17.6 Å². The maximum atomic E-state index is 13.2. The molecule has 0 bridgehead atoms. The summed E-state index contributed by atoms with van der Waals surface area (Å²) >= 11 is 10.7. The van der Waals surface area contributed by atoms with E-state index in [2.05, 4.69) is 59.9 Å². The lowest BCUT2D eigenvalue weighted by atomic mass is 9.96. The minimum absolute atomic E-state index is 0.0630. The van der Waals surface area contributed by atoms with Gasteiger partial charge < -0.3 is 0 Å². The molecule has 28 heavy (non-hydrogen) atoms. The van der Waals surface area contributed by atoms with Crippen LogP contribution in [0.5, 0.6) is 0 Å². The summed E-state index contributed by atoms with van der Waals surface area (Å²) in [4.78, 5) is 0. The predicted molar refractivity (Wildman–Crippen MR) is 123 cm³/mol. The van der Waals surface area contributed by atoms with Gasteiger partial charge in [-0.1, -0.05) is 96.3 Å². The van der Waals surface area contributed by atoms with Crippen LogP contribution < -0.4 is 0 Å². The first-order chi connectivity index (χ1) is 13.4. The molecule has 0 aliphatic heterocycles. The summed E-state index contributed by atoms with van der Waals surface area (Å²) in [6, 6.07) is 20.7. The second kappa shape index (κ2) is 9.77. The zero-order chi connectivity index (χ0) is 20.1. The molecule has 0 saturated carbocycles.